The molecule has 0 aliphatic heterocycles. The number of para-hydroxylation sites is 1. The van der Waals surface area contributed by atoms with E-state index in [0.29, 0.717) is 34.6 Å². The third-order valence-electron chi connectivity index (χ3n) is 5.23. The van der Waals surface area contributed by atoms with E-state index in [2.05, 4.69) is 4.98 Å². The molecule has 1 N–H and O–H groups in total. The van der Waals surface area contributed by atoms with Crippen molar-refractivity contribution >= 4 is 40.6 Å². The minimum atomic E-state index is -0.557. The number of H-pyrrole nitrogens is 1. The van der Waals surface area contributed by atoms with Crippen LogP contribution >= 0.6 is 23.8 Å². The molecule has 0 fully saturated rings. The van der Waals surface area contributed by atoms with E-state index < -0.39 is 11.4 Å². The van der Waals surface area contributed by atoms with Crippen LogP contribution in [0.3, 0.4) is 0 Å². The first-order valence-corrected chi connectivity index (χ1v) is 10.8. The Hall–Kier alpha value is -3.29. The number of aromatic nitrogens is 2. The zero-order valence-electron chi connectivity index (χ0n) is 17.1. The summed E-state index contributed by atoms with van der Waals surface area (Å²) in [4.78, 5) is 30.8. The smallest absolute Gasteiger partial charge is 0.266 e. The lowest BCUT2D eigenvalue weighted by Crippen LogP contribution is -2.30. The first kappa shape index (κ1) is 21.9. The molecule has 32 heavy (non-hydrogen) atoms. The van der Waals surface area contributed by atoms with Gasteiger partial charge in [0.2, 0.25) is 0 Å². The molecule has 4 rings (SSSR count). The number of carbonyl (C=O) groups excluding carboxylic acids is 1. The van der Waals surface area contributed by atoms with Crippen molar-refractivity contribution in [1.29, 1.82) is 0 Å². The summed E-state index contributed by atoms with van der Waals surface area (Å²) < 4.78 is 15.4. The molecule has 0 saturated carbocycles. The highest BCUT2D eigenvalue weighted by Crippen LogP contribution is 2.20. The number of aromatic amines is 1. The second kappa shape index (κ2) is 9.06. The Balaban J connectivity index is 1.74. The highest BCUT2D eigenvalue weighted by Gasteiger charge is 2.18. The minimum Gasteiger partial charge on any atom is -0.335 e. The molecule has 0 atom stereocenters. The first-order valence-electron chi connectivity index (χ1n) is 9.97. The number of hydrogen-bond donors (Lipinski definition) is 1. The van der Waals surface area contributed by atoms with Gasteiger partial charge in [-0.2, -0.15) is 0 Å². The van der Waals surface area contributed by atoms with E-state index in [1.54, 1.807) is 35.2 Å². The molecule has 1 aromatic heterocycles. The highest BCUT2D eigenvalue weighted by atomic mass is 35.5. The summed E-state index contributed by atoms with van der Waals surface area (Å²) in [7, 11) is 0. The predicted octanol–water partition coefficient (Wildman–Crippen LogP) is 5.50. The monoisotopic (exact) mass is 467 g/mol. The number of fused-ring (bicyclic) bond motifs is 1. The summed E-state index contributed by atoms with van der Waals surface area (Å²) in [5.74, 6) is -0.759. The number of amides is 1. The average molecular weight is 468 g/mol. The SMILES string of the molecule is CCN(Cc1ccccc1Cl)C(=O)c1ccc2c(=O)n(-c3ccccc3F)c(=S)[nH]c2c1. The summed E-state index contributed by atoms with van der Waals surface area (Å²) in [6.45, 7) is 2.72. The molecule has 8 heteroatoms. The molecular weight excluding hydrogens is 449 g/mol. The lowest BCUT2D eigenvalue weighted by Gasteiger charge is -2.22. The Bertz CT molecular complexity index is 1450. The van der Waals surface area contributed by atoms with Crippen LogP contribution in [-0.2, 0) is 6.54 Å². The van der Waals surface area contributed by atoms with Gasteiger partial charge in [0.15, 0.2) is 4.77 Å². The number of nitrogens with zero attached hydrogens (tertiary/aromatic N) is 2. The largest absolute Gasteiger partial charge is 0.335 e. The number of carbonyl (C=O) groups is 1. The van der Waals surface area contributed by atoms with Crippen molar-refractivity contribution in [2.24, 2.45) is 0 Å². The van der Waals surface area contributed by atoms with Crippen molar-refractivity contribution in [3.8, 4) is 5.69 Å². The van der Waals surface area contributed by atoms with Gasteiger partial charge in [-0.1, -0.05) is 41.9 Å². The van der Waals surface area contributed by atoms with Gasteiger partial charge in [-0.05, 0) is 61.1 Å². The Morgan fingerprint density at radius 1 is 1.12 bits per heavy atom. The third kappa shape index (κ3) is 4.09. The van der Waals surface area contributed by atoms with Crippen molar-refractivity contribution in [2.45, 2.75) is 13.5 Å². The van der Waals surface area contributed by atoms with Gasteiger partial charge in [0.05, 0.1) is 16.6 Å². The minimum absolute atomic E-state index is 0.0422. The number of hydrogen-bond acceptors (Lipinski definition) is 3. The van der Waals surface area contributed by atoms with Crippen LogP contribution < -0.4 is 5.56 Å². The maximum absolute atomic E-state index is 14.3. The second-order valence-corrected chi connectivity index (χ2v) is 7.99. The Labute approximate surface area is 193 Å². The van der Waals surface area contributed by atoms with Crippen LogP contribution in [0.1, 0.15) is 22.8 Å². The lowest BCUT2D eigenvalue weighted by atomic mass is 10.1. The fourth-order valence-electron chi connectivity index (χ4n) is 3.54. The molecular formula is C24H19ClFN3O2S. The summed E-state index contributed by atoms with van der Waals surface area (Å²) in [5, 5.41) is 0.891. The van der Waals surface area contributed by atoms with Crippen LogP contribution in [0, 0.1) is 10.6 Å². The molecule has 0 spiro atoms. The highest BCUT2D eigenvalue weighted by molar-refractivity contribution is 7.71. The third-order valence-corrected chi connectivity index (χ3v) is 5.88. The van der Waals surface area contributed by atoms with Gasteiger partial charge in [0.25, 0.3) is 11.5 Å². The van der Waals surface area contributed by atoms with Gasteiger partial charge in [-0.15, -0.1) is 0 Å². The van der Waals surface area contributed by atoms with E-state index in [9.17, 15) is 14.0 Å². The van der Waals surface area contributed by atoms with E-state index in [0.717, 1.165) is 10.1 Å². The van der Waals surface area contributed by atoms with Gasteiger partial charge < -0.3 is 9.88 Å². The Morgan fingerprint density at radius 3 is 2.56 bits per heavy atom. The summed E-state index contributed by atoms with van der Waals surface area (Å²) in [6.07, 6.45) is 0. The molecule has 1 heterocycles. The van der Waals surface area contributed by atoms with Crippen molar-refractivity contribution < 1.29 is 9.18 Å². The quantitative estimate of drug-likeness (QED) is 0.394. The van der Waals surface area contributed by atoms with Crippen LogP contribution in [0.25, 0.3) is 16.6 Å². The molecule has 5 nitrogen and oxygen atoms in total. The number of rotatable bonds is 5. The summed E-state index contributed by atoms with van der Waals surface area (Å²) in [5.41, 5.74) is 1.26. The molecule has 1 amide bonds. The number of halogens is 2. The van der Waals surface area contributed by atoms with Gasteiger partial charge in [0, 0.05) is 23.7 Å². The average Bonchev–Trinajstić information content (AvgIpc) is 2.79. The molecule has 3 aromatic carbocycles. The molecule has 0 aliphatic carbocycles. The number of benzene rings is 3. The predicted molar refractivity (Wildman–Crippen MR) is 127 cm³/mol. The van der Waals surface area contributed by atoms with Crippen LogP contribution in [0.4, 0.5) is 4.39 Å². The van der Waals surface area contributed by atoms with E-state index in [-0.39, 0.29) is 16.4 Å². The fraction of sp³-hybridized carbons (Fsp3) is 0.125. The van der Waals surface area contributed by atoms with Crippen molar-refractivity contribution in [2.75, 3.05) is 6.54 Å². The zero-order valence-corrected chi connectivity index (χ0v) is 18.7. The van der Waals surface area contributed by atoms with Crippen molar-refractivity contribution in [1.82, 2.24) is 14.5 Å². The topological polar surface area (TPSA) is 58.1 Å². The first-order chi connectivity index (χ1) is 15.4. The molecule has 0 bridgehead atoms. The van der Waals surface area contributed by atoms with E-state index in [1.165, 1.54) is 18.2 Å². The maximum Gasteiger partial charge on any atom is 0.266 e. The molecule has 162 valence electrons. The lowest BCUT2D eigenvalue weighted by molar-refractivity contribution is 0.0753. The van der Waals surface area contributed by atoms with Crippen molar-refractivity contribution in [3.63, 3.8) is 0 Å². The molecule has 0 saturated heterocycles. The Kier molecular flexibility index (Phi) is 6.21. The van der Waals surface area contributed by atoms with E-state index in [4.69, 9.17) is 23.8 Å². The van der Waals surface area contributed by atoms with Gasteiger partial charge in [-0.3, -0.25) is 9.59 Å². The van der Waals surface area contributed by atoms with Gasteiger partial charge in [-0.25, -0.2) is 8.96 Å². The van der Waals surface area contributed by atoms with Crippen LogP contribution in [0.2, 0.25) is 5.02 Å². The summed E-state index contributed by atoms with van der Waals surface area (Å²) >= 11 is 11.6. The summed E-state index contributed by atoms with van der Waals surface area (Å²) in [6, 6.07) is 18.0. The van der Waals surface area contributed by atoms with Gasteiger partial charge >= 0.3 is 0 Å². The normalized spacial score (nSPS) is 11.0. The van der Waals surface area contributed by atoms with Crippen molar-refractivity contribution in [3.05, 3.63) is 104 Å². The van der Waals surface area contributed by atoms with E-state index in [1.807, 2.05) is 25.1 Å². The zero-order chi connectivity index (χ0) is 22.8. The standard InChI is InChI=1S/C24H19ClFN3O2S/c1-2-28(14-16-7-3-4-8-18(16)25)22(30)15-11-12-17-20(13-15)27-24(32)29(23(17)31)21-10-6-5-9-19(21)26/h3-13H,2,14H2,1H3,(H,27,32). The second-order valence-electron chi connectivity index (χ2n) is 7.19. The van der Waals surface area contributed by atoms with Crippen LogP contribution in [-0.4, -0.2) is 26.9 Å². The van der Waals surface area contributed by atoms with Gasteiger partial charge in [0.1, 0.15) is 5.82 Å². The maximum atomic E-state index is 14.3. The molecule has 0 aliphatic rings. The van der Waals surface area contributed by atoms with E-state index >= 15 is 0 Å². The number of nitrogens with one attached hydrogen (secondary N) is 1. The van der Waals surface area contributed by atoms with Crippen LogP contribution in [0.15, 0.2) is 71.5 Å². The molecule has 0 radical (unpaired) electrons. The fourth-order valence-corrected chi connectivity index (χ4v) is 4.03. The Morgan fingerprint density at radius 2 is 1.84 bits per heavy atom. The van der Waals surface area contributed by atoms with Crippen LogP contribution in [0.5, 0.6) is 0 Å². The molecule has 4 aromatic rings. The molecule has 0 unspecified atom stereocenters.